The summed E-state index contributed by atoms with van der Waals surface area (Å²) in [7, 11) is -8.32. The summed E-state index contributed by atoms with van der Waals surface area (Å²) >= 11 is 0. The molecule has 0 fully saturated rings. The number of sulfone groups is 2. The molecule has 0 N–H and O–H groups in total. The molecule has 0 saturated carbocycles. The molecule has 0 aliphatic heterocycles. The number of hydrogen-bond donors (Lipinski definition) is 0. The minimum atomic E-state index is -4.24. The SMILES string of the molecule is CC(C)S(=O)(=O)c1oc(-c2ccc(F)cc2)nc1S(=O)(=O)c1ccccc1. The molecule has 0 unspecified atom stereocenters. The molecule has 1 heterocycles. The highest BCUT2D eigenvalue weighted by molar-refractivity contribution is 7.94. The molecule has 0 amide bonds. The predicted molar refractivity (Wildman–Crippen MR) is 96.1 cm³/mol. The Morgan fingerprint density at radius 1 is 0.926 bits per heavy atom. The van der Waals surface area contributed by atoms with E-state index in [2.05, 4.69) is 4.98 Å². The zero-order valence-electron chi connectivity index (χ0n) is 14.5. The third-order valence-corrected chi connectivity index (χ3v) is 7.69. The number of halogens is 1. The van der Waals surface area contributed by atoms with Crippen molar-refractivity contribution < 1.29 is 25.6 Å². The van der Waals surface area contributed by atoms with E-state index in [1.165, 1.54) is 50.2 Å². The van der Waals surface area contributed by atoms with Gasteiger partial charge in [0.1, 0.15) is 5.82 Å². The van der Waals surface area contributed by atoms with E-state index in [4.69, 9.17) is 4.42 Å². The predicted octanol–water partition coefficient (Wildman–Crippen LogP) is 3.50. The maximum absolute atomic E-state index is 13.1. The second-order valence-electron chi connectivity index (χ2n) is 6.03. The van der Waals surface area contributed by atoms with Crippen molar-refractivity contribution in [3.05, 3.63) is 60.4 Å². The van der Waals surface area contributed by atoms with Crippen LogP contribution in [-0.2, 0) is 19.7 Å². The maximum Gasteiger partial charge on any atom is 0.258 e. The summed E-state index contributed by atoms with van der Waals surface area (Å²) < 4.78 is 69.8. The van der Waals surface area contributed by atoms with Crippen LogP contribution in [0.4, 0.5) is 4.39 Å². The molecule has 1 aromatic heterocycles. The van der Waals surface area contributed by atoms with Crippen molar-refractivity contribution in [2.75, 3.05) is 0 Å². The standard InChI is InChI=1S/C18H16FNO5S2/c1-12(2)26(21,22)18-17(27(23,24)15-6-4-3-5-7-15)20-16(25-18)13-8-10-14(19)11-9-13/h3-12H,1-2H3. The smallest absolute Gasteiger partial charge is 0.258 e. The molecule has 2 aromatic carbocycles. The zero-order chi connectivity index (χ0) is 19.8. The van der Waals surface area contributed by atoms with Gasteiger partial charge in [0.15, 0.2) is 0 Å². The summed E-state index contributed by atoms with van der Waals surface area (Å²) in [5, 5.41) is -2.32. The highest BCUT2D eigenvalue weighted by Crippen LogP contribution is 2.33. The van der Waals surface area contributed by atoms with E-state index >= 15 is 0 Å². The van der Waals surface area contributed by atoms with Crippen molar-refractivity contribution in [3.8, 4) is 11.5 Å². The lowest BCUT2D eigenvalue weighted by Gasteiger charge is -2.06. The second-order valence-corrected chi connectivity index (χ2v) is 10.3. The molecule has 0 aliphatic rings. The van der Waals surface area contributed by atoms with Crippen molar-refractivity contribution in [1.82, 2.24) is 4.98 Å². The van der Waals surface area contributed by atoms with Gasteiger partial charge in [0.05, 0.1) is 10.1 Å². The lowest BCUT2D eigenvalue weighted by molar-refractivity contribution is 0.442. The fraction of sp³-hybridized carbons (Fsp3) is 0.167. The fourth-order valence-electron chi connectivity index (χ4n) is 2.28. The molecule has 3 aromatic rings. The highest BCUT2D eigenvalue weighted by Gasteiger charge is 2.36. The van der Waals surface area contributed by atoms with Crippen molar-refractivity contribution >= 4 is 19.7 Å². The first-order valence-electron chi connectivity index (χ1n) is 7.95. The summed E-state index contributed by atoms with van der Waals surface area (Å²) in [4.78, 5) is 3.84. The molecule has 0 aliphatic carbocycles. The maximum atomic E-state index is 13.1. The van der Waals surface area contributed by atoms with Crippen LogP contribution in [0, 0.1) is 5.82 Å². The summed E-state index contributed by atoms with van der Waals surface area (Å²) in [6.07, 6.45) is 0. The monoisotopic (exact) mass is 409 g/mol. The van der Waals surface area contributed by atoms with Gasteiger partial charge >= 0.3 is 0 Å². The molecule has 9 heteroatoms. The van der Waals surface area contributed by atoms with Gasteiger partial charge in [0.25, 0.3) is 5.09 Å². The first-order chi connectivity index (χ1) is 12.6. The fourth-order valence-corrected chi connectivity index (χ4v) is 5.08. The van der Waals surface area contributed by atoms with Crippen LogP contribution in [0.5, 0.6) is 0 Å². The quantitative estimate of drug-likeness (QED) is 0.640. The average molecular weight is 409 g/mol. The molecular formula is C18H16FNO5S2. The van der Waals surface area contributed by atoms with E-state index in [0.29, 0.717) is 0 Å². The van der Waals surface area contributed by atoms with Crippen LogP contribution in [0.15, 0.2) is 74.0 Å². The Bertz CT molecular complexity index is 1170. The van der Waals surface area contributed by atoms with Gasteiger partial charge in [-0.2, -0.15) is 4.98 Å². The van der Waals surface area contributed by atoms with E-state index < -0.39 is 40.9 Å². The van der Waals surface area contributed by atoms with Crippen LogP contribution in [0.1, 0.15) is 13.8 Å². The first-order valence-corrected chi connectivity index (χ1v) is 11.0. The normalized spacial score (nSPS) is 12.4. The van der Waals surface area contributed by atoms with Gasteiger partial charge < -0.3 is 4.42 Å². The second kappa shape index (κ2) is 6.90. The molecule has 6 nitrogen and oxygen atoms in total. The van der Waals surface area contributed by atoms with Gasteiger partial charge in [-0.05, 0) is 50.2 Å². The Hall–Kier alpha value is -2.52. The molecule has 27 heavy (non-hydrogen) atoms. The summed E-state index contributed by atoms with van der Waals surface area (Å²) in [6.45, 7) is 2.82. The third-order valence-electron chi connectivity index (χ3n) is 3.85. The van der Waals surface area contributed by atoms with Crippen LogP contribution in [0.25, 0.3) is 11.5 Å². The third kappa shape index (κ3) is 3.52. The van der Waals surface area contributed by atoms with Gasteiger partial charge in [-0.3, -0.25) is 0 Å². The molecule has 3 rings (SSSR count). The van der Waals surface area contributed by atoms with E-state index in [1.807, 2.05) is 0 Å². The van der Waals surface area contributed by atoms with Crippen LogP contribution < -0.4 is 0 Å². The van der Waals surface area contributed by atoms with Crippen LogP contribution in [0.3, 0.4) is 0 Å². The van der Waals surface area contributed by atoms with Crippen molar-refractivity contribution in [2.24, 2.45) is 0 Å². The molecule has 0 saturated heterocycles. The number of rotatable bonds is 5. The average Bonchev–Trinajstić information content (AvgIpc) is 3.10. The minimum Gasteiger partial charge on any atom is -0.423 e. The summed E-state index contributed by atoms with van der Waals surface area (Å²) in [5.41, 5.74) is 0.256. The van der Waals surface area contributed by atoms with Gasteiger partial charge in [0, 0.05) is 5.56 Å². The zero-order valence-corrected chi connectivity index (χ0v) is 16.1. The molecule has 0 atom stereocenters. The van der Waals surface area contributed by atoms with Gasteiger partial charge in [0.2, 0.25) is 30.6 Å². The first kappa shape index (κ1) is 19.2. The number of nitrogens with zero attached hydrogens (tertiary/aromatic N) is 1. The number of aromatic nitrogens is 1. The molecule has 0 bridgehead atoms. The molecule has 0 spiro atoms. The van der Waals surface area contributed by atoms with Gasteiger partial charge in [-0.25, -0.2) is 21.2 Å². The van der Waals surface area contributed by atoms with Crippen LogP contribution >= 0.6 is 0 Å². The van der Waals surface area contributed by atoms with Crippen molar-refractivity contribution in [3.63, 3.8) is 0 Å². The Morgan fingerprint density at radius 3 is 2.07 bits per heavy atom. The van der Waals surface area contributed by atoms with E-state index in [9.17, 15) is 21.2 Å². The summed E-state index contributed by atoms with van der Waals surface area (Å²) in [5.74, 6) is -0.721. The molecule has 142 valence electrons. The molecule has 0 radical (unpaired) electrons. The van der Waals surface area contributed by atoms with Crippen molar-refractivity contribution in [1.29, 1.82) is 0 Å². The number of hydrogen-bond acceptors (Lipinski definition) is 6. The van der Waals surface area contributed by atoms with Gasteiger partial charge in [-0.1, -0.05) is 18.2 Å². The minimum absolute atomic E-state index is 0.107. The Kier molecular flexibility index (Phi) is 4.92. The Labute approximate surface area is 156 Å². The number of benzene rings is 2. The lowest BCUT2D eigenvalue weighted by Crippen LogP contribution is -2.17. The largest absolute Gasteiger partial charge is 0.423 e. The summed E-state index contributed by atoms with van der Waals surface area (Å²) in [6, 6.07) is 12.3. The number of oxazole rings is 1. The van der Waals surface area contributed by atoms with E-state index in [0.717, 1.165) is 12.1 Å². The molecular weight excluding hydrogens is 393 g/mol. The Balaban J connectivity index is 2.28. The van der Waals surface area contributed by atoms with E-state index in [1.54, 1.807) is 6.07 Å². The van der Waals surface area contributed by atoms with Crippen LogP contribution in [-0.4, -0.2) is 27.1 Å². The van der Waals surface area contributed by atoms with Gasteiger partial charge in [-0.15, -0.1) is 0 Å². The van der Waals surface area contributed by atoms with Crippen LogP contribution in [0.2, 0.25) is 0 Å². The lowest BCUT2D eigenvalue weighted by atomic mass is 10.2. The van der Waals surface area contributed by atoms with Crippen molar-refractivity contribution in [2.45, 2.75) is 34.1 Å². The Morgan fingerprint density at radius 2 is 1.52 bits per heavy atom. The topological polar surface area (TPSA) is 94.3 Å². The highest BCUT2D eigenvalue weighted by atomic mass is 32.2. The van der Waals surface area contributed by atoms with E-state index in [-0.39, 0.29) is 16.3 Å².